The quantitative estimate of drug-likeness (QED) is 0.764. The Morgan fingerprint density at radius 1 is 1.26 bits per heavy atom. The Morgan fingerprint density at radius 3 is 2.84 bits per heavy atom. The molecule has 0 saturated heterocycles. The Bertz CT molecular complexity index is 377. The first-order chi connectivity index (χ1) is 9.35. The topological polar surface area (TPSA) is 24.5 Å². The van der Waals surface area contributed by atoms with Crippen LogP contribution >= 0.6 is 0 Å². The summed E-state index contributed by atoms with van der Waals surface area (Å²) in [4.78, 5) is 2.45. The van der Waals surface area contributed by atoms with E-state index in [1.54, 1.807) is 0 Å². The summed E-state index contributed by atoms with van der Waals surface area (Å²) in [6, 6.07) is 8.44. The molecule has 19 heavy (non-hydrogen) atoms. The molecule has 0 aromatic heterocycles. The summed E-state index contributed by atoms with van der Waals surface area (Å²) >= 11 is 0. The minimum Gasteiger partial charge on any atom is -0.493 e. The lowest BCUT2D eigenvalue weighted by Gasteiger charge is -2.26. The normalized spacial score (nSPS) is 18.2. The van der Waals surface area contributed by atoms with E-state index in [9.17, 15) is 0 Å². The summed E-state index contributed by atoms with van der Waals surface area (Å²) in [6.07, 6.45) is 1.12. The van der Waals surface area contributed by atoms with Crippen LogP contribution in [0.5, 0.6) is 5.75 Å². The number of fused-ring (bicyclic) bond motifs is 1. The largest absolute Gasteiger partial charge is 0.493 e. The summed E-state index contributed by atoms with van der Waals surface area (Å²) in [7, 11) is 0. The Hall–Kier alpha value is -1.06. The fourth-order valence-electron chi connectivity index (χ4n) is 2.68. The first kappa shape index (κ1) is 14.4. The number of hydrogen-bond donors (Lipinski definition) is 1. The Kier molecular flexibility index (Phi) is 5.67. The van der Waals surface area contributed by atoms with E-state index in [-0.39, 0.29) is 0 Å². The number of para-hydroxylation sites is 1. The molecule has 0 radical (unpaired) electrons. The van der Waals surface area contributed by atoms with Crippen LogP contribution in [0.2, 0.25) is 0 Å². The molecule has 3 nitrogen and oxygen atoms in total. The third-order valence-corrected chi connectivity index (χ3v) is 3.97. The second-order valence-corrected chi connectivity index (χ2v) is 5.10. The van der Waals surface area contributed by atoms with E-state index >= 15 is 0 Å². The molecule has 0 bridgehead atoms. The van der Waals surface area contributed by atoms with Crippen LogP contribution in [0.1, 0.15) is 31.7 Å². The van der Waals surface area contributed by atoms with Gasteiger partial charge in [0.25, 0.3) is 0 Å². The van der Waals surface area contributed by atoms with E-state index < -0.39 is 0 Å². The number of hydrogen-bond acceptors (Lipinski definition) is 3. The Labute approximate surface area is 116 Å². The minimum atomic E-state index is 0.599. The van der Waals surface area contributed by atoms with Gasteiger partial charge in [0.1, 0.15) is 5.75 Å². The first-order valence-electron chi connectivity index (χ1n) is 7.50. The summed E-state index contributed by atoms with van der Waals surface area (Å²) in [5.74, 6) is 1.67. The molecule has 1 N–H and O–H groups in total. The van der Waals surface area contributed by atoms with Gasteiger partial charge in [0, 0.05) is 25.6 Å². The van der Waals surface area contributed by atoms with Crippen LogP contribution in [0.4, 0.5) is 0 Å². The van der Waals surface area contributed by atoms with Crippen LogP contribution in [-0.4, -0.2) is 44.2 Å². The predicted octanol–water partition coefficient (Wildman–Crippen LogP) is 2.48. The van der Waals surface area contributed by atoms with Crippen molar-refractivity contribution in [1.82, 2.24) is 10.2 Å². The Balaban J connectivity index is 1.78. The van der Waals surface area contributed by atoms with Gasteiger partial charge < -0.3 is 15.0 Å². The highest BCUT2D eigenvalue weighted by Gasteiger charge is 2.20. The average Bonchev–Trinajstić information content (AvgIpc) is 2.47. The molecule has 106 valence electrons. The van der Waals surface area contributed by atoms with Crippen molar-refractivity contribution in [2.24, 2.45) is 0 Å². The molecular formula is C16H26N2O. The van der Waals surface area contributed by atoms with Crippen molar-refractivity contribution in [1.29, 1.82) is 0 Å². The number of ether oxygens (including phenoxy) is 1. The molecule has 0 spiro atoms. The third-order valence-electron chi connectivity index (χ3n) is 3.97. The Morgan fingerprint density at radius 2 is 2.05 bits per heavy atom. The number of benzene rings is 1. The highest BCUT2D eigenvalue weighted by Crippen LogP contribution is 2.32. The van der Waals surface area contributed by atoms with Crippen molar-refractivity contribution < 1.29 is 4.74 Å². The number of rotatable bonds is 7. The fourth-order valence-corrected chi connectivity index (χ4v) is 2.68. The SMILES string of the molecule is CCN(CC)CCNCC1CCOc2ccccc21. The van der Waals surface area contributed by atoms with Gasteiger partial charge in [0.05, 0.1) is 6.61 Å². The lowest BCUT2D eigenvalue weighted by atomic mass is 9.93. The van der Waals surface area contributed by atoms with Crippen molar-refractivity contribution in [2.75, 3.05) is 39.3 Å². The average molecular weight is 262 g/mol. The van der Waals surface area contributed by atoms with Crippen molar-refractivity contribution in [3.8, 4) is 5.75 Å². The van der Waals surface area contributed by atoms with E-state index in [1.807, 2.05) is 0 Å². The molecule has 1 aliphatic rings. The van der Waals surface area contributed by atoms with Gasteiger partial charge in [-0.05, 0) is 31.1 Å². The van der Waals surface area contributed by atoms with Crippen LogP contribution in [0.15, 0.2) is 24.3 Å². The minimum absolute atomic E-state index is 0.599. The van der Waals surface area contributed by atoms with Crippen molar-refractivity contribution in [3.05, 3.63) is 29.8 Å². The fraction of sp³-hybridized carbons (Fsp3) is 0.625. The van der Waals surface area contributed by atoms with Gasteiger partial charge in [0.15, 0.2) is 0 Å². The molecule has 1 aromatic rings. The summed E-state index contributed by atoms with van der Waals surface area (Å²) in [5.41, 5.74) is 1.36. The molecule has 3 heteroatoms. The molecule has 1 heterocycles. The predicted molar refractivity (Wildman–Crippen MR) is 80.0 cm³/mol. The summed E-state index contributed by atoms with van der Waals surface area (Å²) < 4.78 is 5.70. The number of nitrogens with one attached hydrogen (secondary N) is 1. The second kappa shape index (κ2) is 7.51. The molecule has 0 aliphatic carbocycles. The lowest BCUT2D eigenvalue weighted by molar-refractivity contribution is 0.261. The molecule has 1 aliphatic heterocycles. The van der Waals surface area contributed by atoms with Crippen LogP contribution in [0.3, 0.4) is 0 Å². The molecule has 1 atom stereocenters. The smallest absolute Gasteiger partial charge is 0.122 e. The maximum absolute atomic E-state index is 5.70. The monoisotopic (exact) mass is 262 g/mol. The summed E-state index contributed by atoms with van der Waals surface area (Å²) in [5, 5.41) is 3.60. The van der Waals surface area contributed by atoms with Gasteiger partial charge >= 0.3 is 0 Å². The zero-order valence-electron chi connectivity index (χ0n) is 12.2. The molecule has 1 aromatic carbocycles. The van der Waals surface area contributed by atoms with Gasteiger partial charge in [-0.15, -0.1) is 0 Å². The molecule has 1 unspecified atom stereocenters. The van der Waals surface area contributed by atoms with Gasteiger partial charge in [-0.25, -0.2) is 0 Å². The van der Waals surface area contributed by atoms with Crippen molar-refractivity contribution >= 4 is 0 Å². The van der Waals surface area contributed by atoms with E-state index in [0.29, 0.717) is 5.92 Å². The van der Waals surface area contributed by atoms with E-state index in [4.69, 9.17) is 4.74 Å². The standard InChI is InChI=1S/C16H26N2O/c1-3-18(4-2)11-10-17-13-14-9-12-19-16-8-6-5-7-15(14)16/h5-8,14,17H,3-4,9-13H2,1-2H3. The molecular weight excluding hydrogens is 236 g/mol. The lowest BCUT2D eigenvalue weighted by Crippen LogP contribution is -2.34. The van der Waals surface area contributed by atoms with Gasteiger partial charge in [-0.1, -0.05) is 32.0 Å². The first-order valence-corrected chi connectivity index (χ1v) is 7.50. The van der Waals surface area contributed by atoms with Crippen molar-refractivity contribution in [3.63, 3.8) is 0 Å². The maximum atomic E-state index is 5.70. The van der Waals surface area contributed by atoms with Crippen LogP contribution in [-0.2, 0) is 0 Å². The number of likely N-dealkylation sites (N-methyl/N-ethyl adjacent to an activating group) is 1. The van der Waals surface area contributed by atoms with Crippen LogP contribution in [0.25, 0.3) is 0 Å². The van der Waals surface area contributed by atoms with Gasteiger partial charge in [-0.2, -0.15) is 0 Å². The highest BCUT2D eigenvalue weighted by molar-refractivity contribution is 5.37. The number of nitrogens with zero attached hydrogens (tertiary/aromatic N) is 1. The summed E-state index contributed by atoms with van der Waals surface area (Å²) in [6.45, 7) is 10.8. The van der Waals surface area contributed by atoms with Crippen LogP contribution in [0, 0.1) is 0 Å². The van der Waals surface area contributed by atoms with Gasteiger partial charge in [-0.3, -0.25) is 0 Å². The van der Waals surface area contributed by atoms with Crippen molar-refractivity contribution in [2.45, 2.75) is 26.2 Å². The zero-order valence-corrected chi connectivity index (χ0v) is 12.2. The molecule has 0 fully saturated rings. The second-order valence-electron chi connectivity index (χ2n) is 5.10. The zero-order chi connectivity index (χ0) is 13.5. The molecule has 0 saturated carbocycles. The maximum Gasteiger partial charge on any atom is 0.122 e. The van der Waals surface area contributed by atoms with Crippen LogP contribution < -0.4 is 10.1 Å². The van der Waals surface area contributed by atoms with E-state index in [2.05, 4.69) is 48.3 Å². The van der Waals surface area contributed by atoms with E-state index in [0.717, 1.165) is 51.5 Å². The molecule has 0 amide bonds. The van der Waals surface area contributed by atoms with Gasteiger partial charge in [0.2, 0.25) is 0 Å². The highest BCUT2D eigenvalue weighted by atomic mass is 16.5. The molecule has 2 rings (SSSR count). The van der Waals surface area contributed by atoms with E-state index in [1.165, 1.54) is 5.56 Å². The third kappa shape index (κ3) is 3.95.